The molecule has 0 aromatic carbocycles. The monoisotopic (exact) mass is 213 g/mol. The van der Waals surface area contributed by atoms with Crippen molar-refractivity contribution in [3.63, 3.8) is 0 Å². The Balaban J connectivity index is 2.15. The van der Waals surface area contributed by atoms with E-state index in [-0.39, 0.29) is 0 Å². The van der Waals surface area contributed by atoms with E-state index in [1.807, 2.05) is 4.68 Å². The fourth-order valence-electron chi connectivity index (χ4n) is 1.10. The minimum atomic E-state index is 0.883. The minimum absolute atomic E-state index is 0.883. The van der Waals surface area contributed by atoms with Crippen molar-refractivity contribution in [1.29, 1.82) is 0 Å². The predicted octanol–water partition coefficient (Wildman–Crippen LogP) is 2.16. The predicted molar refractivity (Wildman–Crippen MR) is 46.2 cm³/mol. The van der Waals surface area contributed by atoms with Crippen LogP contribution in [0.15, 0.2) is 4.47 Å². The number of hydrogen-bond acceptors (Lipinski definition) is 1. The summed E-state index contributed by atoms with van der Waals surface area (Å²) in [5.41, 5.74) is 1.19. The standard InChI is InChI=1S/C8H10BrN2/c1-6-8(9)4-10-11(6)5-7-2-3-7/h7H,2-3,5H2,1H3. The van der Waals surface area contributed by atoms with Crippen LogP contribution in [0.3, 0.4) is 0 Å². The Morgan fingerprint density at radius 2 is 2.45 bits per heavy atom. The van der Waals surface area contributed by atoms with E-state index in [1.165, 1.54) is 18.5 Å². The van der Waals surface area contributed by atoms with Gasteiger partial charge in [-0.25, -0.2) is 0 Å². The van der Waals surface area contributed by atoms with E-state index in [0.29, 0.717) is 0 Å². The van der Waals surface area contributed by atoms with Crippen molar-refractivity contribution in [1.82, 2.24) is 9.78 Å². The van der Waals surface area contributed by atoms with E-state index in [1.54, 1.807) is 0 Å². The number of halogens is 1. The second kappa shape index (κ2) is 2.63. The summed E-state index contributed by atoms with van der Waals surface area (Å²) in [7, 11) is 0. The molecule has 0 aliphatic heterocycles. The average molecular weight is 214 g/mol. The number of aromatic nitrogens is 2. The van der Waals surface area contributed by atoms with Gasteiger partial charge >= 0.3 is 0 Å². The topological polar surface area (TPSA) is 17.8 Å². The zero-order chi connectivity index (χ0) is 7.84. The van der Waals surface area contributed by atoms with Crippen molar-refractivity contribution in [3.8, 4) is 0 Å². The lowest BCUT2D eigenvalue weighted by Crippen LogP contribution is -2.03. The Bertz CT molecular complexity index is 263. The first-order valence-corrected chi connectivity index (χ1v) is 4.67. The van der Waals surface area contributed by atoms with Gasteiger partial charge in [0.05, 0.1) is 10.2 Å². The van der Waals surface area contributed by atoms with Crippen LogP contribution in [0.1, 0.15) is 18.5 Å². The number of hydrogen-bond donors (Lipinski definition) is 0. The SMILES string of the molecule is Cc1c(Br)[c]nn1CC1CC1. The third-order valence-electron chi connectivity index (χ3n) is 2.10. The lowest BCUT2D eigenvalue weighted by Gasteiger charge is -2.00. The minimum Gasteiger partial charge on any atom is -0.268 e. The second-order valence-corrected chi connectivity index (χ2v) is 3.93. The molecule has 2 nitrogen and oxygen atoms in total. The molecule has 0 spiro atoms. The summed E-state index contributed by atoms with van der Waals surface area (Å²) < 4.78 is 3.03. The van der Waals surface area contributed by atoms with Crippen LogP contribution in [0.5, 0.6) is 0 Å². The molecule has 1 saturated carbocycles. The zero-order valence-electron chi connectivity index (χ0n) is 6.47. The summed E-state index contributed by atoms with van der Waals surface area (Å²) in [4.78, 5) is 0. The largest absolute Gasteiger partial charge is 0.268 e. The van der Waals surface area contributed by atoms with Crippen molar-refractivity contribution >= 4 is 15.9 Å². The van der Waals surface area contributed by atoms with E-state index in [2.05, 4.69) is 34.1 Å². The molecule has 1 fully saturated rings. The smallest absolute Gasteiger partial charge is 0.128 e. The van der Waals surface area contributed by atoms with Crippen molar-refractivity contribution in [3.05, 3.63) is 16.4 Å². The van der Waals surface area contributed by atoms with Gasteiger partial charge in [0.25, 0.3) is 0 Å². The first kappa shape index (κ1) is 7.35. The first-order chi connectivity index (χ1) is 5.27. The Kier molecular flexibility index (Phi) is 1.75. The van der Waals surface area contributed by atoms with Crippen LogP contribution >= 0.6 is 15.9 Å². The molecule has 0 saturated heterocycles. The Morgan fingerprint density at radius 1 is 1.73 bits per heavy atom. The molecular weight excluding hydrogens is 204 g/mol. The van der Waals surface area contributed by atoms with Crippen LogP contribution in [0.2, 0.25) is 0 Å². The van der Waals surface area contributed by atoms with E-state index in [4.69, 9.17) is 0 Å². The van der Waals surface area contributed by atoms with Gasteiger partial charge in [0, 0.05) is 6.54 Å². The zero-order valence-corrected chi connectivity index (χ0v) is 8.06. The number of rotatable bonds is 2. The molecule has 0 unspecified atom stereocenters. The van der Waals surface area contributed by atoms with Crippen LogP contribution in [-0.4, -0.2) is 9.78 Å². The lowest BCUT2D eigenvalue weighted by molar-refractivity contribution is 0.549. The third-order valence-corrected chi connectivity index (χ3v) is 2.85. The molecule has 1 radical (unpaired) electrons. The average Bonchev–Trinajstić information content (AvgIpc) is 2.74. The molecule has 1 aliphatic carbocycles. The molecule has 11 heavy (non-hydrogen) atoms. The maximum absolute atomic E-state index is 4.14. The summed E-state index contributed by atoms with van der Waals surface area (Å²) in [5, 5.41) is 4.14. The summed E-state index contributed by atoms with van der Waals surface area (Å²) in [6, 6.07) is 0. The normalized spacial score (nSPS) is 17.3. The Labute approximate surface area is 74.7 Å². The van der Waals surface area contributed by atoms with Crippen LogP contribution in [0, 0.1) is 19.0 Å². The maximum atomic E-state index is 4.14. The summed E-state index contributed by atoms with van der Waals surface area (Å²) >= 11 is 3.39. The summed E-state index contributed by atoms with van der Waals surface area (Å²) in [6.45, 7) is 3.14. The molecule has 2 rings (SSSR count). The van der Waals surface area contributed by atoms with Gasteiger partial charge in [-0.1, -0.05) is 0 Å². The van der Waals surface area contributed by atoms with Gasteiger partial charge in [-0.15, -0.1) is 0 Å². The molecule has 1 aromatic heterocycles. The van der Waals surface area contributed by atoms with E-state index >= 15 is 0 Å². The van der Waals surface area contributed by atoms with Crippen molar-refractivity contribution in [2.24, 2.45) is 5.92 Å². The molecule has 59 valence electrons. The maximum Gasteiger partial charge on any atom is 0.128 e. The van der Waals surface area contributed by atoms with E-state index in [9.17, 15) is 0 Å². The van der Waals surface area contributed by atoms with Gasteiger partial charge in [-0.3, -0.25) is 4.68 Å². The Morgan fingerprint density at radius 3 is 2.91 bits per heavy atom. The van der Waals surface area contributed by atoms with Gasteiger partial charge in [0.2, 0.25) is 0 Å². The van der Waals surface area contributed by atoms with E-state index in [0.717, 1.165) is 16.9 Å². The van der Waals surface area contributed by atoms with Gasteiger partial charge in [-0.05, 0) is 41.6 Å². The molecule has 0 N–H and O–H groups in total. The second-order valence-electron chi connectivity index (χ2n) is 3.14. The van der Waals surface area contributed by atoms with Crippen LogP contribution in [-0.2, 0) is 6.54 Å². The molecule has 0 atom stereocenters. The van der Waals surface area contributed by atoms with Crippen molar-refractivity contribution in [2.75, 3.05) is 0 Å². The molecular formula is C8H10BrN2. The molecule has 0 amide bonds. The van der Waals surface area contributed by atoms with Gasteiger partial charge in [0.1, 0.15) is 6.20 Å². The van der Waals surface area contributed by atoms with Gasteiger partial charge < -0.3 is 0 Å². The van der Waals surface area contributed by atoms with Gasteiger partial charge in [0.15, 0.2) is 0 Å². The molecule has 1 aliphatic rings. The first-order valence-electron chi connectivity index (χ1n) is 3.88. The van der Waals surface area contributed by atoms with Crippen LogP contribution in [0.4, 0.5) is 0 Å². The van der Waals surface area contributed by atoms with Crippen molar-refractivity contribution < 1.29 is 0 Å². The highest BCUT2D eigenvalue weighted by atomic mass is 79.9. The number of nitrogens with zero attached hydrogens (tertiary/aromatic N) is 2. The highest BCUT2D eigenvalue weighted by molar-refractivity contribution is 9.10. The quantitative estimate of drug-likeness (QED) is 0.737. The highest BCUT2D eigenvalue weighted by Gasteiger charge is 2.22. The molecule has 1 aromatic rings. The fourth-order valence-corrected chi connectivity index (χ4v) is 1.38. The highest BCUT2D eigenvalue weighted by Crippen LogP contribution is 2.31. The third kappa shape index (κ3) is 1.48. The summed E-state index contributed by atoms with van der Waals surface area (Å²) in [6.07, 6.45) is 5.64. The summed E-state index contributed by atoms with van der Waals surface area (Å²) in [5.74, 6) is 0.883. The molecule has 0 bridgehead atoms. The lowest BCUT2D eigenvalue weighted by atomic mass is 10.4. The van der Waals surface area contributed by atoms with Crippen molar-refractivity contribution in [2.45, 2.75) is 26.3 Å². The van der Waals surface area contributed by atoms with Gasteiger partial charge in [-0.2, -0.15) is 5.10 Å². The molecule has 3 heteroatoms. The van der Waals surface area contributed by atoms with E-state index < -0.39 is 0 Å². The molecule has 1 heterocycles. The van der Waals surface area contributed by atoms with Crippen LogP contribution in [0.25, 0.3) is 0 Å². The van der Waals surface area contributed by atoms with Crippen LogP contribution < -0.4 is 0 Å². The Hall–Kier alpha value is -0.310. The fraction of sp³-hybridized carbons (Fsp3) is 0.625.